The summed E-state index contributed by atoms with van der Waals surface area (Å²) in [4.78, 5) is 16.7. The summed E-state index contributed by atoms with van der Waals surface area (Å²) in [5.74, 6) is 0.934. The molecule has 140 valence electrons. The van der Waals surface area contributed by atoms with E-state index in [1.807, 2.05) is 85.1 Å². The normalized spacial score (nSPS) is 12.0. The maximum atomic E-state index is 13.5. The average Bonchev–Trinajstić information content (AvgIpc) is 3.19. The van der Waals surface area contributed by atoms with Crippen molar-refractivity contribution >= 4 is 16.7 Å². The number of carbonyl (C=O) groups is 1. The van der Waals surface area contributed by atoms with Crippen LogP contribution in [0.3, 0.4) is 0 Å². The van der Waals surface area contributed by atoms with E-state index in [-0.39, 0.29) is 11.8 Å². The van der Waals surface area contributed by atoms with E-state index in [1.54, 1.807) is 7.11 Å². The zero-order valence-electron chi connectivity index (χ0n) is 15.8. The van der Waals surface area contributed by atoms with Crippen molar-refractivity contribution in [3.63, 3.8) is 0 Å². The molecule has 0 aliphatic heterocycles. The Morgan fingerprint density at radius 2 is 1.68 bits per heavy atom. The lowest BCUT2D eigenvalue weighted by atomic mass is 9.96. The smallest absolute Gasteiger partial charge is 0.226 e. The molecule has 0 amide bonds. The Balaban J connectivity index is 1.67. The average molecular weight is 371 g/mol. The van der Waals surface area contributed by atoms with Crippen LogP contribution in [0.25, 0.3) is 10.9 Å². The van der Waals surface area contributed by atoms with E-state index in [4.69, 9.17) is 4.74 Å². The third-order valence-corrected chi connectivity index (χ3v) is 5.06. The number of para-hydroxylation sites is 2. The number of carbonyl (C=O) groups excluding carboxylic acids is 1. The van der Waals surface area contributed by atoms with Gasteiger partial charge in [-0.1, -0.05) is 60.7 Å². The molecule has 0 unspecified atom stereocenters. The van der Waals surface area contributed by atoms with Crippen LogP contribution in [0, 0.1) is 0 Å². The van der Waals surface area contributed by atoms with Gasteiger partial charge in [0, 0.05) is 33.8 Å². The van der Waals surface area contributed by atoms with E-state index < -0.39 is 0 Å². The molecule has 0 aliphatic carbocycles. The van der Waals surface area contributed by atoms with Gasteiger partial charge in [0.05, 0.1) is 7.11 Å². The highest BCUT2D eigenvalue weighted by Gasteiger charge is 2.27. The zero-order chi connectivity index (χ0) is 19.3. The van der Waals surface area contributed by atoms with Crippen molar-refractivity contribution in [2.75, 3.05) is 7.11 Å². The highest BCUT2D eigenvalue weighted by atomic mass is 16.5. The van der Waals surface area contributed by atoms with E-state index in [9.17, 15) is 4.79 Å². The van der Waals surface area contributed by atoms with Gasteiger partial charge in [0.1, 0.15) is 12.3 Å². The lowest BCUT2D eigenvalue weighted by molar-refractivity contribution is -0.697. The Kier molecular flexibility index (Phi) is 5.22. The van der Waals surface area contributed by atoms with Gasteiger partial charge in [0.2, 0.25) is 5.78 Å². The molecular formula is C24H23N2O2+. The fourth-order valence-electron chi connectivity index (χ4n) is 3.61. The Bertz CT molecular complexity index is 1090. The maximum Gasteiger partial charge on any atom is 0.226 e. The molecule has 28 heavy (non-hydrogen) atoms. The van der Waals surface area contributed by atoms with Gasteiger partial charge in [0.15, 0.2) is 6.04 Å². The van der Waals surface area contributed by atoms with Crippen molar-refractivity contribution in [1.29, 1.82) is 0 Å². The summed E-state index contributed by atoms with van der Waals surface area (Å²) < 4.78 is 5.46. The first kappa shape index (κ1) is 18.0. The number of H-pyrrole nitrogens is 1. The lowest BCUT2D eigenvalue weighted by Gasteiger charge is -2.16. The number of methoxy groups -OCH3 is 1. The quantitative estimate of drug-likeness (QED) is 0.485. The van der Waals surface area contributed by atoms with Crippen LogP contribution in [0.1, 0.15) is 27.5 Å². The first-order chi connectivity index (χ1) is 13.8. The topological polar surface area (TPSA) is 58.7 Å². The molecule has 0 bridgehead atoms. The van der Waals surface area contributed by atoms with Crippen molar-refractivity contribution in [1.82, 2.24) is 4.98 Å². The number of ketones is 1. The third kappa shape index (κ3) is 3.55. The monoisotopic (exact) mass is 371 g/mol. The molecule has 4 heteroatoms. The van der Waals surface area contributed by atoms with Crippen LogP contribution in [0.15, 0.2) is 85.1 Å². The molecule has 4 rings (SSSR count). The fraction of sp³-hybridized carbons (Fsp3) is 0.125. The van der Waals surface area contributed by atoms with Crippen LogP contribution < -0.4 is 10.1 Å². The molecule has 0 fully saturated rings. The molecule has 1 aromatic heterocycles. The Morgan fingerprint density at radius 3 is 2.50 bits per heavy atom. The summed E-state index contributed by atoms with van der Waals surface area (Å²) in [5.41, 5.74) is 3.76. The number of hydrogen-bond acceptors (Lipinski definition) is 2. The number of nitrogens with two attached hydrogens (primary N) is 1. The SMILES string of the molecule is COc1ccccc1C[NH2+][C@H](C(=O)c1c[nH]c2ccccc12)c1ccccc1. The van der Waals surface area contributed by atoms with Gasteiger partial charge in [-0.15, -0.1) is 0 Å². The van der Waals surface area contributed by atoms with E-state index in [0.29, 0.717) is 6.54 Å². The summed E-state index contributed by atoms with van der Waals surface area (Å²) >= 11 is 0. The molecule has 1 atom stereocenters. The molecule has 0 aliphatic rings. The fourth-order valence-corrected chi connectivity index (χ4v) is 3.61. The number of fused-ring (bicyclic) bond motifs is 1. The van der Waals surface area contributed by atoms with Crippen LogP contribution in [0.2, 0.25) is 0 Å². The summed E-state index contributed by atoms with van der Waals surface area (Å²) in [5, 5.41) is 3.04. The minimum absolute atomic E-state index is 0.0959. The van der Waals surface area contributed by atoms with Crippen LogP contribution in [0.4, 0.5) is 0 Å². The molecule has 0 saturated heterocycles. The van der Waals surface area contributed by atoms with Gasteiger partial charge in [-0.25, -0.2) is 0 Å². The minimum Gasteiger partial charge on any atom is -0.496 e. The van der Waals surface area contributed by atoms with Gasteiger partial charge in [-0.3, -0.25) is 4.79 Å². The summed E-state index contributed by atoms with van der Waals surface area (Å²) in [6, 6.07) is 25.4. The van der Waals surface area contributed by atoms with Crippen molar-refractivity contribution in [2.24, 2.45) is 0 Å². The number of rotatable bonds is 7. The summed E-state index contributed by atoms with van der Waals surface area (Å²) in [7, 11) is 1.67. The predicted molar refractivity (Wildman–Crippen MR) is 110 cm³/mol. The number of Topliss-reactive ketones (excluding diaryl/α,β-unsaturated/α-hetero) is 1. The molecule has 3 aromatic carbocycles. The van der Waals surface area contributed by atoms with Gasteiger partial charge in [-0.2, -0.15) is 0 Å². The van der Waals surface area contributed by atoms with Gasteiger partial charge in [-0.05, 0) is 18.2 Å². The Morgan fingerprint density at radius 1 is 0.964 bits per heavy atom. The molecule has 3 N–H and O–H groups in total. The maximum absolute atomic E-state index is 13.5. The molecule has 1 heterocycles. The standard InChI is InChI=1S/C24H22N2O2/c1-28-22-14-8-5-11-18(22)15-26-23(17-9-3-2-4-10-17)24(27)20-16-25-21-13-7-6-12-19(20)21/h2-14,16,23,25-26H,15H2,1H3/p+1/t23-/m0/s1. The molecule has 0 saturated carbocycles. The molecule has 0 spiro atoms. The molecule has 0 radical (unpaired) electrons. The van der Waals surface area contributed by atoms with Crippen LogP contribution in [-0.2, 0) is 6.54 Å². The van der Waals surface area contributed by atoms with E-state index in [0.717, 1.165) is 33.3 Å². The number of benzene rings is 3. The summed E-state index contributed by atoms with van der Waals surface area (Å²) in [6.45, 7) is 0.650. The van der Waals surface area contributed by atoms with Crippen molar-refractivity contribution < 1.29 is 14.8 Å². The van der Waals surface area contributed by atoms with Crippen LogP contribution in [0.5, 0.6) is 5.75 Å². The molecular weight excluding hydrogens is 348 g/mol. The lowest BCUT2D eigenvalue weighted by Crippen LogP contribution is -2.85. The van der Waals surface area contributed by atoms with Gasteiger partial charge in [0.25, 0.3) is 0 Å². The highest BCUT2D eigenvalue weighted by Crippen LogP contribution is 2.23. The second kappa shape index (κ2) is 8.11. The van der Waals surface area contributed by atoms with Crippen molar-refractivity contribution in [2.45, 2.75) is 12.6 Å². The first-order valence-corrected chi connectivity index (χ1v) is 9.38. The first-order valence-electron chi connectivity index (χ1n) is 9.38. The number of quaternary nitrogens is 1. The number of ether oxygens (including phenoxy) is 1. The van der Waals surface area contributed by atoms with E-state index in [2.05, 4.69) is 10.3 Å². The third-order valence-electron chi connectivity index (χ3n) is 5.06. The largest absolute Gasteiger partial charge is 0.496 e. The number of hydrogen-bond donors (Lipinski definition) is 2. The van der Waals surface area contributed by atoms with Gasteiger partial charge < -0.3 is 15.0 Å². The number of aromatic nitrogens is 1. The number of aromatic amines is 1. The summed E-state index contributed by atoms with van der Waals surface area (Å²) in [6.07, 6.45) is 1.82. The zero-order valence-corrected chi connectivity index (χ0v) is 15.8. The molecule has 4 aromatic rings. The molecule has 4 nitrogen and oxygen atoms in total. The van der Waals surface area contributed by atoms with E-state index in [1.165, 1.54) is 0 Å². The predicted octanol–water partition coefficient (Wildman–Crippen LogP) is 3.86. The second-order valence-electron chi connectivity index (χ2n) is 6.75. The van der Waals surface area contributed by atoms with Crippen LogP contribution >= 0.6 is 0 Å². The van der Waals surface area contributed by atoms with Gasteiger partial charge >= 0.3 is 0 Å². The highest BCUT2D eigenvalue weighted by molar-refractivity contribution is 6.09. The van der Waals surface area contributed by atoms with E-state index >= 15 is 0 Å². The van der Waals surface area contributed by atoms with Crippen molar-refractivity contribution in [3.8, 4) is 5.75 Å². The minimum atomic E-state index is -0.328. The Hall–Kier alpha value is -3.37. The Labute approximate surface area is 164 Å². The second-order valence-corrected chi connectivity index (χ2v) is 6.75. The number of nitrogens with one attached hydrogen (secondary N) is 1. The van der Waals surface area contributed by atoms with Crippen molar-refractivity contribution in [3.05, 3.63) is 102 Å². The van der Waals surface area contributed by atoms with Crippen LogP contribution in [-0.4, -0.2) is 17.9 Å².